The van der Waals surface area contributed by atoms with E-state index in [1.807, 2.05) is 55.5 Å². The third-order valence-electron chi connectivity index (χ3n) is 3.85. The molecule has 0 heterocycles. The van der Waals surface area contributed by atoms with Crippen molar-refractivity contribution in [2.45, 2.75) is 13.3 Å². The van der Waals surface area contributed by atoms with Crippen LogP contribution in [0.3, 0.4) is 0 Å². The van der Waals surface area contributed by atoms with Crippen LogP contribution in [0.25, 0.3) is 11.1 Å². The molecule has 2 N–H and O–H groups in total. The van der Waals surface area contributed by atoms with E-state index in [4.69, 9.17) is 0 Å². The maximum Gasteiger partial charge on any atom is 0.228 e. The summed E-state index contributed by atoms with van der Waals surface area (Å²) >= 11 is 0. The Labute approximate surface area is 141 Å². The number of amides is 1. The molecule has 24 heavy (non-hydrogen) atoms. The topological polar surface area (TPSA) is 49.3 Å². The summed E-state index contributed by atoms with van der Waals surface area (Å²) < 4.78 is 0. The van der Waals surface area contributed by atoms with E-state index in [0.29, 0.717) is 5.69 Å². The van der Waals surface area contributed by atoms with Crippen molar-refractivity contribution in [1.82, 2.24) is 0 Å². The van der Waals surface area contributed by atoms with Gasteiger partial charge >= 0.3 is 0 Å². The van der Waals surface area contributed by atoms with Gasteiger partial charge in [0, 0.05) is 0 Å². The van der Waals surface area contributed by atoms with E-state index in [1.54, 1.807) is 12.1 Å². The molecule has 0 fully saturated rings. The number of phenols is 1. The van der Waals surface area contributed by atoms with Crippen molar-refractivity contribution in [1.29, 1.82) is 0 Å². The third kappa shape index (κ3) is 3.82. The molecule has 0 aliphatic heterocycles. The van der Waals surface area contributed by atoms with Gasteiger partial charge in [0.25, 0.3) is 0 Å². The number of aryl methyl sites for hydroxylation is 1. The smallest absolute Gasteiger partial charge is 0.228 e. The molecular formula is C21H19NO2. The van der Waals surface area contributed by atoms with Crippen molar-refractivity contribution in [2.75, 3.05) is 5.32 Å². The molecule has 3 heteroatoms. The van der Waals surface area contributed by atoms with Gasteiger partial charge in [-0.15, -0.1) is 0 Å². The summed E-state index contributed by atoms with van der Waals surface area (Å²) in [6.07, 6.45) is 0.266. The fourth-order valence-electron chi connectivity index (χ4n) is 2.57. The van der Waals surface area contributed by atoms with Gasteiger partial charge in [-0.25, -0.2) is 0 Å². The standard InChI is InChI=1S/C21H19NO2/c1-15-7-12-19(20(23)13-15)22-21(24)14-16-8-10-18(11-9-16)17-5-3-2-4-6-17/h2-13,23H,14H2,1H3,(H,22,24). The van der Waals surface area contributed by atoms with E-state index < -0.39 is 0 Å². The number of aromatic hydroxyl groups is 1. The lowest BCUT2D eigenvalue weighted by Crippen LogP contribution is -2.14. The van der Waals surface area contributed by atoms with E-state index >= 15 is 0 Å². The molecule has 3 nitrogen and oxygen atoms in total. The lowest BCUT2D eigenvalue weighted by molar-refractivity contribution is -0.115. The third-order valence-corrected chi connectivity index (χ3v) is 3.85. The van der Waals surface area contributed by atoms with E-state index in [2.05, 4.69) is 17.4 Å². The number of anilines is 1. The fraction of sp³-hybridized carbons (Fsp3) is 0.0952. The van der Waals surface area contributed by atoms with Crippen LogP contribution in [0.15, 0.2) is 72.8 Å². The predicted molar refractivity (Wildman–Crippen MR) is 97.1 cm³/mol. The van der Waals surface area contributed by atoms with Gasteiger partial charge in [0.1, 0.15) is 5.75 Å². The minimum Gasteiger partial charge on any atom is -0.506 e. The number of rotatable bonds is 4. The molecule has 0 unspecified atom stereocenters. The Morgan fingerprint density at radius 3 is 2.25 bits per heavy atom. The van der Waals surface area contributed by atoms with Crippen LogP contribution < -0.4 is 5.32 Å². The molecule has 0 atom stereocenters. The molecule has 3 aromatic carbocycles. The second-order valence-corrected chi connectivity index (χ2v) is 5.81. The number of phenolic OH excluding ortho intramolecular Hbond substituents is 1. The highest BCUT2D eigenvalue weighted by Gasteiger charge is 2.08. The van der Waals surface area contributed by atoms with E-state index in [9.17, 15) is 9.90 Å². The summed E-state index contributed by atoms with van der Waals surface area (Å²) in [5.41, 5.74) is 4.58. The minimum absolute atomic E-state index is 0.0859. The van der Waals surface area contributed by atoms with Gasteiger partial charge in [-0.05, 0) is 41.3 Å². The van der Waals surface area contributed by atoms with Gasteiger partial charge in [-0.1, -0.05) is 60.7 Å². The molecule has 0 radical (unpaired) electrons. The number of hydrogen-bond donors (Lipinski definition) is 2. The maximum absolute atomic E-state index is 12.2. The Morgan fingerprint density at radius 1 is 0.917 bits per heavy atom. The van der Waals surface area contributed by atoms with Crippen LogP contribution in [0.4, 0.5) is 5.69 Å². The zero-order chi connectivity index (χ0) is 16.9. The first-order valence-electron chi connectivity index (χ1n) is 7.85. The number of nitrogens with one attached hydrogen (secondary N) is 1. The van der Waals surface area contributed by atoms with Crippen LogP contribution >= 0.6 is 0 Å². The second-order valence-electron chi connectivity index (χ2n) is 5.81. The van der Waals surface area contributed by atoms with Gasteiger partial charge in [-0.2, -0.15) is 0 Å². The molecule has 0 aromatic heterocycles. The van der Waals surface area contributed by atoms with Crippen molar-refractivity contribution in [2.24, 2.45) is 0 Å². The number of benzene rings is 3. The van der Waals surface area contributed by atoms with Crippen molar-refractivity contribution in [3.8, 4) is 16.9 Å². The average Bonchev–Trinajstić information content (AvgIpc) is 2.59. The largest absolute Gasteiger partial charge is 0.506 e. The summed E-state index contributed by atoms with van der Waals surface area (Å²) in [5, 5.41) is 12.6. The molecule has 0 aliphatic carbocycles. The Hall–Kier alpha value is -3.07. The number of hydrogen-bond acceptors (Lipinski definition) is 2. The molecular weight excluding hydrogens is 298 g/mol. The normalized spacial score (nSPS) is 10.4. The zero-order valence-electron chi connectivity index (χ0n) is 13.5. The Balaban J connectivity index is 1.66. The molecule has 1 amide bonds. The van der Waals surface area contributed by atoms with E-state index in [1.165, 1.54) is 0 Å². The first-order chi connectivity index (χ1) is 11.6. The van der Waals surface area contributed by atoms with Crippen molar-refractivity contribution >= 4 is 11.6 Å². The number of carbonyl (C=O) groups excluding carboxylic acids is 1. The summed E-state index contributed by atoms with van der Waals surface area (Å²) in [5.74, 6) is -0.0654. The van der Waals surface area contributed by atoms with Gasteiger partial charge < -0.3 is 10.4 Å². The molecule has 0 saturated heterocycles. The van der Waals surface area contributed by atoms with Crippen LogP contribution in [0.1, 0.15) is 11.1 Å². The van der Waals surface area contributed by atoms with Gasteiger partial charge in [0.2, 0.25) is 5.91 Å². The Bertz CT molecular complexity index is 839. The van der Waals surface area contributed by atoms with Crippen molar-refractivity contribution < 1.29 is 9.90 Å². The monoisotopic (exact) mass is 317 g/mol. The fourth-order valence-corrected chi connectivity index (χ4v) is 2.57. The average molecular weight is 317 g/mol. The lowest BCUT2D eigenvalue weighted by Gasteiger charge is -2.08. The highest BCUT2D eigenvalue weighted by atomic mass is 16.3. The Kier molecular flexibility index (Phi) is 4.62. The van der Waals surface area contributed by atoms with E-state index in [0.717, 1.165) is 22.3 Å². The molecule has 0 aliphatic rings. The Morgan fingerprint density at radius 2 is 1.58 bits per heavy atom. The van der Waals surface area contributed by atoms with Crippen LogP contribution in [-0.4, -0.2) is 11.0 Å². The van der Waals surface area contributed by atoms with Crippen LogP contribution in [0.5, 0.6) is 5.75 Å². The quantitative estimate of drug-likeness (QED) is 0.694. The molecule has 120 valence electrons. The SMILES string of the molecule is Cc1ccc(NC(=O)Cc2ccc(-c3ccccc3)cc2)c(O)c1. The van der Waals surface area contributed by atoms with Gasteiger partial charge in [-0.3, -0.25) is 4.79 Å². The molecule has 3 aromatic rings. The summed E-state index contributed by atoms with van der Waals surface area (Å²) in [6.45, 7) is 1.89. The summed E-state index contributed by atoms with van der Waals surface area (Å²) in [7, 11) is 0. The second kappa shape index (κ2) is 7.01. The highest BCUT2D eigenvalue weighted by Crippen LogP contribution is 2.24. The van der Waals surface area contributed by atoms with Crippen LogP contribution in [-0.2, 0) is 11.2 Å². The first-order valence-corrected chi connectivity index (χ1v) is 7.85. The van der Waals surface area contributed by atoms with Gasteiger partial charge in [0.15, 0.2) is 0 Å². The predicted octanol–water partition coefficient (Wildman–Crippen LogP) is 4.55. The first kappa shape index (κ1) is 15.8. The summed E-state index contributed by atoms with van der Waals surface area (Å²) in [6, 6.07) is 23.2. The van der Waals surface area contributed by atoms with Crippen molar-refractivity contribution in [3.05, 3.63) is 83.9 Å². The zero-order valence-corrected chi connectivity index (χ0v) is 13.5. The molecule has 0 saturated carbocycles. The minimum atomic E-state index is -0.151. The van der Waals surface area contributed by atoms with Crippen LogP contribution in [0.2, 0.25) is 0 Å². The van der Waals surface area contributed by atoms with Gasteiger partial charge in [0.05, 0.1) is 12.1 Å². The summed E-state index contributed by atoms with van der Waals surface area (Å²) in [4.78, 5) is 12.2. The number of carbonyl (C=O) groups is 1. The van der Waals surface area contributed by atoms with Crippen molar-refractivity contribution in [3.63, 3.8) is 0 Å². The van der Waals surface area contributed by atoms with Crippen LogP contribution in [0, 0.1) is 6.92 Å². The molecule has 3 rings (SSSR count). The highest BCUT2D eigenvalue weighted by molar-refractivity contribution is 5.93. The maximum atomic E-state index is 12.2. The molecule has 0 bridgehead atoms. The van der Waals surface area contributed by atoms with E-state index in [-0.39, 0.29) is 18.1 Å². The lowest BCUT2D eigenvalue weighted by atomic mass is 10.0. The molecule has 0 spiro atoms.